The predicted octanol–water partition coefficient (Wildman–Crippen LogP) is 5.19. The van der Waals surface area contributed by atoms with Gasteiger partial charge in [0.1, 0.15) is 11.2 Å². The van der Waals surface area contributed by atoms with Crippen LogP contribution >= 0.6 is 0 Å². The molecule has 1 aromatic heterocycles. The number of nitrogens with zero attached hydrogens (tertiary/aromatic N) is 2. The van der Waals surface area contributed by atoms with Crippen molar-refractivity contribution in [2.45, 2.75) is 110 Å². The molecule has 0 spiro atoms. The zero-order chi connectivity index (χ0) is 30.2. The molecule has 0 saturated heterocycles. The molecule has 0 aromatic carbocycles. The molecule has 2 aliphatic rings. The van der Waals surface area contributed by atoms with Gasteiger partial charge in [0.25, 0.3) is 5.91 Å². The number of aromatic nitrogens is 2. The summed E-state index contributed by atoms with van der Waals surface area (Å²) in [4.78, 5) is 37.4. The number of rotatable bonds is 13. The lowest BCUT2D eigenvalue weighted by molar-refractivity contribution is -0.122. The molecule has 1 unspecified atom stereocenters. The van der Waals surface area contributed by atoms with E-state index in [9.17, 15) is 14.4 Å². The maximum Gasteiger partial charge on any atom is 0.405 e. The number of nitrogens with one attached hydrogen (secondary N) is 2. The van der Waals surface area contributed by atoms with Crippen molar-refractivity contribution in [2.75, 3.05) is 6.61 Å². The molecule has 10 nitrogen and oxygen atoms in total. The number of carbonyl (C=O) groups is 3. The van der Waals surface area contributed by atoms with Crippen LogP contribution in [0.2, 0.25) is 0 Å². The van der Waals surface area contributed by atoms with Crippen molar-refractivity contribution in [3.63, 3.8) is 0 Å². The van der Waals surface area contributed by atoms with E-state index >= 15 is 0 Å². The highest BCUT2D eigenvalue weighted by atomic mass is 16.6. The molecule has 10 heteroatoms. The van der Waals surface area contributed by atoms with Crippen LogP contribution < -0.4 is 21.1 Å². The fourth-order valence-corrected chi connectivity index (χ4v) is 5.61. The average Bonchev–Trinajstić information content (AvgIpc) is 3.54. The Morgan fingerprint density at radius 2 is 1.95 bits per heavy atom. The molecular weight excluding hydrogens is 522 g/mol. The van der Waals surface area contributed by atoms with E-state index in [4.69, 9.17) is 15.2 Å². The van der Waals surface area contributed by atoms with Gasteiger partial charge in [0.15, 0.2) is 0 Å². The summed E-state index contributed by atoms with van der Waals surface area (Å²) in [7, 11) is 0. The standard InChI is InChI=1S/C31H49N5O5/c1-21(2)20-40-28-25(27(38)34-22(3)24-12-9-15-31(6,18-24)41-29(32)39)19-33-36(28)17-16-30(4,5)35-26(37)14-13-23-10-7-8-11-23/h9,15-17,19,21-24H,7-8,10-14,18,20H2,1-6H3,(H2,32,39)(H,34,38)(H,35,37)/b17-16+/t22-,24?,31+/m0/s1. The Morgan fingerprint density at radius 1 is 1.24 bits per heavy atom. The zero-order valence-electron chi connectivity index (χ0n) is 25.6. The van der Waals surface area contributed by atoms with E-state index in [0.717, 1.165) is 12.8 Å². The molecule has 1 heterocycles. The Labute approximate surface area is 244 Å². The lowest BCUT2D eigenvalue weighted by Crippen LogP contribution is -2.44. The van der Waals surface area contributed by atoms with Gasteiger partial charge < -0.3 is 25.8 Å². The Balaban J connectivity index is 1.68. The Hall–Kier alpha value is -3.30. The summed E-state index contributed by atoms with van der Waals surface area (Å²) < 4.78 is 12.9. The fourth-order valence-electron chi connectivity index (χ4n) is 5.61. The van der Waals surface area contributed by atoms with E-state index in [0.29, 0.717) is 36.8 Å². The molecule has 1 aromatic rings. The van der Waals surface area contributed by atoms with Gasteiger partial charge in [0.2, 0.25) is 11.8 Å². The highest BCUT2D eigenvalue weighted by molar-refractivity contribution is 5.96. The van der Waals surface area contributed by atoms with Crippen LogP contribution in [0.15, 0.2) is 24.4 Å². The SMILES string of the molecule is CC(C)COc1c(C(=O)N[C@@H](C)C2CC=C[C@@](C)(OC(N)=O)C2)cnn1/C=C/C(C)(C)NC(=O)CCC1CCCC1. The van der Waals surface area contributed by atoms with Gasteiger partial charge in [-0.15, -0.1) is 0 Å². The fraction of sp³-hybridized carbons (Fsp3) is 0.677. The number of amides is 3. The minimum absolute atomic E-state index is 0.0345. The van der Waals surface area contributed by atoms with Gasteiger partial charge in [-0.1, -0.05) is 45.6 Å². The summed E-state index contributed by atoms with van der Waals surface area (Å²) in [6.07, 6.45) is 15.8. The molecule has 0 bridgehead atoms. The number of hydrogen-bond donors (Lipinski definition) is 3. The van der Waals surface area contributed by atoms with E-state index in [-0.39, 0.29) is 29.7 Å². The average molecular weight is 572 g/mol. The summed E-state index contributed by atoms with van der Waals surface area (Å²) in [5.41, 5.74) is 4.15. The first kappa shape index (κ1) is 32.2. The van der Waals surface area contributed by atoms with Crippen LogP contribution in [-0.2, 0) is 9.53 Å². The lowest BCUT2D eigenvalue weighted by atomic mass is 9.80. The molecule has 2 aliphatic carbocycles. The summed E-state index contributed by atoms with van der Waals surface area (Å²) in [6.45, 7) is 12.1. The Kier molecular flexibility index (Phi) is 11.0. The third-order valence-electron chi connectivity index (χ3n) is 7.87. The van der Waals surface area contributed by atoms with Gasteiger partial charge in [-0.2, -0.15) is 5.10 Å². The van der Waals surface area contributed by atoms with Crippen molar-refractivity contribution < 1.29 is 23.9 Å². The van der Waals surface area contributed by atoms with Crippen LogP contribution in [0.1, 0.15) is 103 Å². The first-order valence-corrected chi connectivity index (χ1v) is 14.9. The topological polar surface area (TPSA) is 138 Å². The molecule has 0 aliphatic heterocycles. The van der Waals surface area contributed by atoms with Crippen molar-refractivity contribution in [1.29, 1.82) is 0 Å². The van der Waals surface area contributed by atoms with E-state index in [2.05, 4.69) is 15.7 Å². The van der Waals surface area contributed by atoms with E-state index in [1.807, 2.05) is 59.8 Å². The molecule has 41 heavy (non-hydrogen) atoms. The molecule has 3 atom stereocenters. The summed E-state index contributed by atoms with van der Waals surface area (Å²) in [5, 5.41) is 10.6. The minimum atomic E-state index is -0.825. The molecule has 3 amide bonds. The highest BCUT2D eigenvalue weighted by Crippen LogP contribution is 2.32. The smallest absolute Gasteiger partial charge is 0.405 e. The predicted molar refractivity (Wildman–Crippen MR) is 159 cm³/mol. The second kappa shape index (κ2) is 14.0. The van der Waals surface area contributed by atoms with Crippen molar-refractivity contribution in [2.24, 2.45) is 23.5 Å². The summed E-state index contributed by atoms with van der Waals surface area (Å²) in [6, 6.07) is -0.210. The van der Waals surface area contributed by atoms with Gasteiger partial charge in [-0.25, -0.2) is 9.48 Å². The molecule has 3 rings (SSSR count). The van der Waals surface area contributed by atoms with Crippen LogP contribution in [0.25, 0.3) is 6.20 Å². The normalized spacial score (nSPS) is 22.2. The molecule has 0 radical (unpaired) electrons. The number of allylic oxidation sites excluding steroid dienone is 1. The largest absolute Gasteiger partial charge is 0.477 e. The maximum atomic E-state index is 13.4. The lowest BCUT2D eigenvalue weighted by Gasteiger charge is -2.35. The molecule has 1 fully saturated rings. The monoisotopic (exact) mass is 571 g/mol. The van der Waals surface area contributed by atoms with Crippen molar-refractivity contribution >= 4 is 24.1 Å². The Bertz CT molecular complexity index is 1120. The van der Waals surface area contributed by atoms with Crippen LogP contribution in [0, 0.1) is 17.8 Å². The van der Waals surface area contributed by atoms with Crippen LogP contribution in [-0.4, -0.2) is 51.5 Å². The first-order valence-electron chi connectivity index (χ1n) is 14.9. The Morgan fingerprint density at radius 3 is 2.61 bits per heavy atom. The maximum absolute atomic E-state index is 13.4. The van der Waals surface area contributed by atoms with Crippen LogP contribution in [0.3, 0.4) is 0 Å². The number of ether oxygens (including phenoxy) is 2. The molecular formula is C31H49N5O5. The van der Waals surface area contributed by atoms with Crippen LogP contribution in [0.5, 0.6) is 5.88 Å². The van der Waals surface area contributed by atoms with Crippen molar-refractivity contribution in [3.05, 3.63) is 30.0 Å². The number of nitrogens with two attached hydrogens (primary N) is 1. The quantitative estimate of drug-likeness (QED) is 0.279. The van der Waals surface area contributed by atoms with Crippen molar-refractivity contribution in [3.8, 4) is 5.88 Å². The van der Waals surface area contributed by atoms with E-state index in [1.54, 1.807) is 6.20 Å². The number of primary amides is 1. The summed E-state index contributed by atoms with van der Waals surface area (Å²) in [5.74, 6) is 1.02. The van der Waals surface area contributed by atoms with Gasteiger partial charge in [0.05, 0.1) is 18.3 Å². The van der Waals surface area contributed by atoms with Gasteiger partial charge >= 0.3 is 6.09 Å². The second-order valence-electron chi connectivity index (χ2n) is 12.9. The van der Waals surface area contributed by atoms with Gasteiger partial charge in [0, 0.05) is 18.7 Å². The van der Waals surface area contributed by atoms with Crippen molar-refractivity contribution in [1.82, 2.24) is 20.4 Å². The van der Waals surface area contributed by atoms with E-state index < -0.39 is 17.2 Å². The number of hydrogen-bond acceptors (Lipinski definition) is 6. The first-order chi connectivity index (χ1) is 19.3. The highest BCUT2D eigenvalue weighted by Gasteiger charge is 2.35. The number of carbonyl (C=O) groups excluding carboxylic acids is 3. The zero-order valence-corrected chi connectivity index (χ0v) is 25.6. The summed E-state index contributed by atoms with van der Waals surface area (Å²) >= 11 is 0. The minimum Gasteiger partial charge on any atom is -0.477 e. The second-order valence-corrected chi connectivity index (χ2v) is 12.9. The molecule has 1 saturated carbocycles. The third-order valence-corrected chi connectivity index (χ3v) is 7.87. The third kappa shape index (κ3) is 9.93. The van der Waals surface area contributed by atoms with Crippen LogP contribution in [0.4, 0.5) is 4.79 Å². The molecule has 4 N–H and O–H groups in total. The van der Waals surface area contributed by atoms with Gasteiger partial charge in [-0.3, -0.25) is 9.59 Å². The molecule has 228 valence electrons. The van der Waals surface area contributed by atoms with Gasteiger partial charge in [-0.05, 0) is 76.9 Å². The van der Waals surface area contributed by atoms with E-state index in [1.165, 1.54) is 36.6 Å².